The molecule has 2 aromatic carbocycles. The first-order chi connectivity index (χ1) is 12.3. The summed E-state index contributed by atoms with van der Waals surface area (Å²) in [5.74, 6) is -0.810. The van der Waals surface area contributed by atoms with E-state index >= 15 is 0 Å². The molecule has 138 valence electrons. The number of esters is 1. The minimum absolute atomic E-state index is 0.125. The lowest BCUT2D eigenvalue weighted by Gasteiger charge is -2.15. The van der Waals surface area contributed by atoms with Gasteiger partial charge in [-0.15, -0.1) is 11.8 Å². The Hall–Kier alpha value is -1.69. The quantitative estimate of drug-likeness (QED) is 0.519. The number of hydrogen-bond acceptors (Lipinski definition) is 4. The maximum absolute atomic E-state index is 12.2. The number of halogens is 2. The van der Waals surface area contributed by atoms with Gasteiger partial charge in [-0.2, -0.15) is 0 Å². The van der Waals surface area contributed by atoms with E-state index in [4.69, 9.17) is 27.9 Å². The SMILES string of the molecule is Cc1ccc(C)c(SCC(=O)OC(C)C(=O)Nc2cccc(Cl)c2Cl)c1. The molecule has 0 aliphatic heterocycles. The summed E-state index contributed by atoms with van der Waals surface area (Å²) in [5.41, 5.74) is 2.59. The fourth-order valence-electron chi connectivity index (χ4n) is 2.12. The molecule has 1 atom stereocenters. The molecule has 0 saturated carbocycles. The van der Waals surface area contributed by atoms with Crippen molar-refractivity contribution in [3.63, 3.8) is 0 Å². The van der Waals surface area contributed by atoms with Gasteiger partial charge in [0.05, 0.1) is 21.5 Å². The number of ether oxygens (including phenoxy) is 1. The van der Waals surface area contributed by atoms with Gasteiger partial charge in [-0.1, -0.05) is 47.0 Å². The molecule has 0 radical (unpaired) electrons. The Bertz CT molecular complexity index is 826. The molecule has 2 aromatic rings. The Morgan fingerprint density at radius 3 is 2.65 bits per heavy atom. The first-order valence-electron chi connectivity index (χ1n) is 7.92. The molecule has 0 aliphatic carbocycles. The topological polar surface area (TPSA) is 55.4 Å². The highest BCUT2D eigenvalue weighted by molar-refractivity contribution is 8.00. The molecule has 1 amide bonds. The summed E-state index contributed by atoms with van der Waals surface area (Å²) >= 11 is 13.3. The Morgan fingerprint density at radius 1 is 1.19 bits per heavy atom. The molecule has 2 rings (SSSR count). The molecular weight excluding hydrogens is 393 g/mol. The highest BCUT2D eigenvalue weighted by atomic mass is 35.5. The molecule has 1 N–H and O–H groups in total. The van der Waals surface area contributed by atoms with E-state index in [9.17, 15) is 9.59 Å². The summed E-state index contributed by atoms with van der Waals surface area (Å²) in [5, 5.41) is 3.18. The van der Waals surface area contributed by atoms with Crippen molar-refractivity contribution >= 4 is 52.5 Å². The van der Waals surface area contributed by atoms with Crippen molar-refractivity contribution in [2.24, 2.45) is 0 Å². The summed E-state index contributed by atoms with van der Waals surface area (Å²) in [7, 11) is 0. The zero-order valence-corrected chi connectivity index (χ0v) is 17.0. The van der Waals surface area contributed by atoms with Gasteiger partial charge in [-0.05, 0) is 44.5 Å². The fourth-order valence-corrected chi connectivity index (χ4v) is 3.37. The minimum Gasteiger partial charge on any atom is -0.452 e. The van der Waals surface area contributed by atoms with E-state index < -0.39 is 18.0 Å². The van der Waals surface area contributed by atoms with Gasteiger partial charge in [0.1, 0.15) is 0 Å². The smallest absolute Gasteiger partial charge is 0.317 e. The van der Waals surface area contributed by atoms with E-state index in [1.54, 1.807) is 18.2 Å². The van der Waals surface area contributed by atoms with Crippen LogP contribution in [0.3, 0.4) is 0 Å². The van der Waals surface area contributed by atoms with Crippen molar-refractivity contribution in [2.75, 3.05) is 11.1 Å². The van der Waals surface area contributed by atoms with Crippen LogP contribution in [0.15, 0.2) is 41.3 Å². The monoisotopic (exact) mass is 411 g/mol. The van der Waals surface area contributed by atoms with Gasteiger partial charge in [-0.25, -0.2) is 0 Å². The summed E-state index contributed by atoms with van der Waals surface area (Å²) in [6.07, 6.45) is -0.947. The standard InChI is InChI=1S/C19H19Cl2NO3S/c1-11-7-8-12(2)16(9-11)26-10-17(23)25-13(3)19(24)22-15-6-4-5-14(20)18(15)21/h4-9,13H,10H2,1-3H3,(H,22,24). The van der Waals surface area contributed by atoms with E-state index in [2.05, 4.69) is 5.32 Å². The average Bonchev–Trinajstić information content (AvgIpc) is 2.59. The van der Waals surface area contributed by atoms with E-state index in [1.807, 2.05) is 32.0 Å². The number of anilines is 1. The second-order valence-electron chi connectivity index (χ2n) is 5.78. The van der Waals surface area contributed by atoms with Crippen LogP contribution in [0.5, 0.6) is 0 Å². The van der Waals surface area contributed by atoms with E-state index in [0.29, 0.717) is 10.7 Å². The van der Waals surface area contributed by atoms with E-state index in [0.717, 1.165) is 16.0 Å². The lowest BCUT2D eigenvalue weighted by atomic mass is 10.2. The lowest BCUT2D eigenvalue weighted by molar-refractivity contribution is -0.150. The van der Waals surface area contributed by atoms with Crippen LogP contribution in [0.4, 0.5) is 5.69 Å². The van der Waals surface area contributed by atoms with Crippen molar-refractivity contribution < 1.29 is 14.3 Å². The Labute approximate surface area is 167 Å². The van der Waals surface area contributed by atoms with Crippen molar-refractivity contribution in [3.05, 3.63) is 57.6 Å². The predicted molar refractivity (Wildman–Crippen MR) is 107 cm³/mol. The van der Waals surface area contributed by atoms with Crippen LogP contribution < -0.4 is 5.32 Å². The molecule has 26 heavy (non-hydrogen) atoms. The van der Waals surface area contributed by atoms with Gasteiger partial charge in [0.25, 0.3) is 5.91 Å². The third kappa shape index (κ3) is 5.66. The second-order valence-corrected chi connectivity index (χ2v) is 7.58. The summed E-state index contributed by atoms with van der Waals surface area (Å²) in [6.45, 7) is 5.49. The fraction of sp³-hybridized carbons (Fsp3) is 0.263. The number of hydrogen-bond donors (Lipinski definition) is 1. The predicted octanol–water partition coefficient (Wildman–Crippen LogP) is 5.27. The Kier molecular flexibility index (Phi) is 7.38. The first kappa shape index (κ1) is 20.6. The number of thioether (sulfide) groups is 1. The van der Waals surface area contributed by atoms with Crippen molar-refractivity contribution in [3.8, 4) is 0 Å². The van der Waals surface area contributed by atoms with Crippen LogP contribution in [-0.2, 0) is 14.3 Å². The van der Waals surface area contributed by atoms with Crippen LogP contribution in [0.1, 0.15) is 18.1 Å². The molecule has 0 fully saturated rings. The third-order valence-corrected chi connectivity index (χ3v) is 5.53. The number of rotatable bonds is 6. The Balaban J connectivity index is 1.89. The number of carbonyl (C=O) groups excluding carboxylic acids is 2. The van der Waals surface area contributed by atoms with Gasteiger partial charge >= 0.3 is 5.97 Å². The molecule has 0 aromatic heterocycles. The zero-order chi connectivity index (χ0) is 19.3. The lowest BCUT2D eigenvalue weighted by Crippen LogP contribution is -2.30. The van der Waals surface area contributed by atoms with Gasteiger partial charge in [-0.3, -0.25) is 9.59 Å². The number of carbonyl (C=O) groups is 2. The van der Waals surface area contributed by atoms with E-state index in [-0.39, 0.29) is 10.8 Å². The second kappa shape index (κ2) is 9.31. The maximum Gasteiger partial charge on any atom is 0.317 e. The largest absolute Gasteiger partial charge is 0.452 e. The van der Waals surface area contributed by atoms with Crippen LogP contribution in [-0.4, -0.2) is 23.7 Å². The van der Waals surface area contributed by atoms with Crippen LogP contribution >= 0.6 is 35.0 Å². The van der Waals surface area contributed by atoms with Crippen LogP contribution in [0.25, 0.3) is 0 Å². The van der Waals surface area contributed by atoms with E-state index in [1.165, 1.54) is 18.7 Å². The van der Waals surface area contributed by atoms with Gasteiger partial charge in [0.15, 0.2) is 6.10 Å². The molecule has 4 nitrogen and oxygen atoms in total. The molecule has 0 heterocycles. The molecule has 0 aliphatic rings. The summed E-state index contributed by atoms with van der Waals surface area (Å²) < 4.78 is 5.20. The molecule has 0 bridgehead atoms. The minimum atomic E-state index is -0.947. The van der Waals surface area contributed by atoms with Gasteiger partial charge in [0.2, 0.25) is 0 Å². The first-order valence-corrected chi connectivity index (χ1v) is 9.66. The van der Waals surface area contributed by atoms with Gasteiger partial charge in [0, 0.05) is 4.90 Å². The zero-order valence-electron chi connectivity index (χ0n) is 14.6. The highest BCUT2D eigenvalue weighted by Gasteiger charge is 2.19. The van der Waals surface area contributed by atoms with Gasteiger partial charge < -0.3 is 10.1 Å². The molecule has 7 heteroatoms. The summed E-state index contributed by atoms with van der Waals surface area (Å²) in [4.78, 5) is 25.2. The van der Waals surface area contributed by atoms with Crippen molar-refractivity contribution in [1.82, 2.24) is 0 Å². The van der Waals surface area contributed by atoms with Crippen LogP contribution in [0, 0.1) is 13.8 Å². The summed E-state index contributed by atoms with van der Waals surface area (Å²) in [6, 6.07) is 11.0. The maximum atomic E-state index is 12.2. The highest BCUT2D eigenvalue weighted by Crippen LogP contribution is 2.29. The van der Waals surface area contributed by atoms with Crippen molar-refractivity contribution in [1.29, 1.82) is 0 Å². The van der Waals surface area contributed by atoms with Crippen molar-refractivity contribution in [2.45, 2.75) is 31.8 Å². The number of nitrogens with one attached hydrogen (secondary N) is 1. The normalized spacial score (nSPS) is 11.7. The molecule has 0 spiro atoms. The third-order valence-electron chi connectivity index (χ3n) is 3.58. The molecular formula is C19H19Cl2NO3S. The number of benzene rings is 2. The average molecular weight is 412 g/mol. The number of amides is 1. The Morgan fingerprint density at radius 2 is 1.92 bits per heavy atom. The van der Waals surface area contributed by atoms with Crippen LogP contribution in [0.2, 0.25) is 10.0 Å². The number of aryl methyl sites for hydroxylation is 2. The molecule has 0 saturated heterocycles. The molecule has 1 unspecified atom stereocenters.